The highest BCUT2D eigenvalue weighted by molar-refractivity contribution is 5.52. The van der Waals surface area contributed by atoms with Gasteiger partial charge in [-0.3, -0.25) is 0 Å². The summed E-state index contributed by atoms with van der Waals surface area (Å²) in [6, 6.07) is 0. The minimum atomic E-state index is 0.289. The third-order valence-corrected chi connectivity index (χ3v) is 1.52. The largest absolute Gasteiger partial charge is 0.198 e. The summed E-state index contributed by atoms with van der Waals surface area (Å²) < 4.78 is 1.59. The van der Waals surface area contributed by atoms with E-state index in [0.717, 1.165) is 5.82 Å². The molecule has 0 aliphatic heterocycles. The molecule has 0 radical (unpaired) electrons. The highest BCUT2D eigenvalue weighted by Crippen LogP contribution is 2.12. The Kier molecular flexibility index (Phi) is 2.38. The lowest BCUT2D eigenvalue weighted by Crippen LogP contribution is -2.04. The van der Waals surface area contributed by atoms with E-state index in [4.69, 9.17) is 0 Å². The topological polar surface area (TPSA) is 43.6 Å². The molecule has 0 aliphatic rings. The van der Waals surface area contributed by atoms with Gasteiger partial charge in [-0.2, -0.15) is 4.68 Å². The molecule has 1 aromatic rings. The first-order valence-electron chi connectivity index (χ1n) is 3.76. The Morgan fingerprint density at radius 3 is 2.75 bits per heavy atom. The number of hydrogen-bond acceptors (Lipinski definition) is 3. The van der Waals surface area contributed by atoms with Crippen LogP contribution in [-0.4, -0.2) is 20.2 Å². The van der Waals surface area contributed by atoms with Crippen LogP contribution < -0.4 is 0 Å². The Morgan fingerprint density at radius 2 is 2.25 bits per heavy atom. The van der Waals surface area contributed by atoms with Crippen molar-refractivity contribution in [2.45, 2.75) is 19.8 Å². The predicted molar refractivity (Wildman–Crippen MR) is 47.4 cm³/mol. The molecule has 0 atom stereocenters. The second-order valence-electron chi connectivity index (χ2n) is 2.80. The van der Waals surface area contributed by atoms with Gasteiger partial charge in [0.2, 0.25) is 0 Å². The molecule has 64 valence electrons. The maximum atomic E-state index is 3.88. The van der Waals surface area contributed by atoms with Crippen LogP contribution in [0.4, 0.5) is 0 Å². The lowest BCUT2D eigenvalue weighted by Gasteiger charge is -2.04. The minimum absolute atomic E-state index is 0.289. The summed E-state index contributed by atoms with van der Waals surface area (Å²) in [5.41, 5.74) is 0.698. The zero-order chi connectivity index (χ0) is 9.14. The first-order chi connectivity index (χ1) is 5.66. The van der Waals surface area contributed by atoms with Crippen LogP contribution >= 0.6 is 0 Å². The van der Waals surface area contributed by atoms with Gasteiger partial charge < -0.3 is 0 Å². The first-order valence-corrected chi connectivity index (χ1v) is 3.76. The van der Waals surface area contributed by atoms with Crippen molar-refractivity contribution >= 4 is 5.70 Å². The van der Waals surface area contributed by atoms with Crippen LogP contribution in [0.15, 0.2) is 19.2 Å². The van der Waals surface area contributed by atoms with E-state index in [9.17, 15) is 0 Å². The molecule has 12 heavy (non-hydrogen) atoms. The fourth-order valence-corrected chi connectivity index (χ4v) is 0.845. The van der Waals surface area contributed by atoms with Gasteiger partial charge in [-0.1, -0.05) is 27.0 Å². The van der Waals surface area contributed by atoms with Gasteiger partial charge in [0.25, 0.3) is 0 Å². The van der Waals surface area contributed by atoms with Crippen molar-refractivity contribution in [1.82, 2.24) is 20.2 Å². The average Bonchev–Trinajstić information content (AvgIpc) is 2.50. The molecule has 1 aromatic heterocycles. The van der Waals surface area contributed by atoms with Crippen LogP contribution in [0.5, 0.6) is 0 Å². The molecule has 0 aromatic carbocycles. The van der Waals surface area contributed by atoms with Gasteiger partial charge >= 0.3 is 0 Å². The van der Waals surface area contributed by atoms with E-state index in [1.807, 2.05) is 13.8 Å². The lowest BCUT2D eigenvalue weighted by molar-refractivity contribution is 0.724. The van der Waals surface area contributed by atoms with Crippen LogP contribution in [0.2, 0.25) is 0 Å². The van der Waals surface area contributed by atoms with Crippen molar-refractivity contribution in [3.05, 3.63) is 25.1 Å². The Bertz CT molecular complexity index is 298. The Balaban J connectivity index is 3.07. The maximum absolute atomic E-state index is 3.88. The van der Waals surface area contributed by atoms with E-state index < -0.39 is 0 Å². The molecule has 4 heteroatoms. The number of hydrogen-bond donors (Lipinski definition) is 0. The van der Waals surface area contributed by atoms with Gasteiger partial charge in [-0.25, -0.2) is 0 Å². The summed E-state index contributed by atoms with van der Waals surface area (Å²) in [7, 11) is 0. The van der Waals surface area contributed by atoms with Crippen LogP contribution in [0.25, 0.3) is 5.70 Å². The molecule has 1 heterocycles. The molecule has 0 fully saturated rings. The first kappa shape index (κ1) is 8.64. The van der Waals surface area contributed by atoms with Crippen LogP contribution in [0.1, 0.15) is 25.6 Å². The summed E-state index contributed by atoms with van der Waals surface area (Å²) in [5, 5.41) is 11.2. The van der Waals surface area contributed by atoms with Gasteiger partial charge in [0.1, 0.15) is 0 Å². The van der Waals surface area contributed by atoms with Crippen molar-refractivity contribution in [3.63, 3.8) is 0 Å². The standard InChI is InChI=1S/C8H12N4/c1-5-7(4)12-8(6(2)3)9-10-11-12/h5-6H,1,4H2,2-3H3. The maximum Gasteiger partial charge on any atom is 0.159 e. The number of aromatic nitrogens is 4. The molecule has 4 nitrogen and oxygen atoms in total. The Hall–Kier alpha value is -1.45. The lowest BCUT2D eigenvalue weighted by atomic mass is 10.2. The fourth-order valence-electron chi connectivity index (χ4n) is 0.845. The smallest absolute Gasteiger partial charge is 0.159 e. The number of rotatable bonds is 3. The molecule has 1 rings (SSSR count). The molecule has 0 N–H and O–H groups in total. The molecule has 0 bridgehead atoms. The molecule has 0 saturated heterocycles. The molecule has 0 unspecified atom stereocenters. The molecule has 0 aliphatic carbocycles. The third-order valence-electron chi connectivity index (χ3n) is 1.52. The van der Waals surface area contributed by atoms with E-state index in [2.05, 4.69) is 28.7 Å². The summed E-state index contributed by atoms with van der Waals surface area (Å²) in [4.78, 5) is 0. The minimum Gasteiger partial charge on any atom is -0.198 e. The average molecular weight is 164 g/mol. The van der Waals surface area contributed by atoms with Gasteiger partial charge in [-0.05, 0) is 16.5 Å². The van der Waals surface area contributed by atoms with Crippen molar-refractivity contribution in [2.24, 2.45) is 0 Å². The number of nitrogens with zero attached hydrogens (tertiary/aromatic N) is 4. The van der Waals surface area contributed by atoms with E-state index in [1.54, 1.807) is 10.8 Å². The summed E-state index contributed by atoms with van der Waals surface area (Å²) in [6.07, 6.45) is 1.63. The van der Waals surface area contributed by atoms with Crippen LogP contribution in [0.3, 0.4) is 0 Å². The Morgan fingerprint density at radius 1 is 1.58 bits per heavy atom. The summed E-state index contributed by atoms with van der Waals surface area (Å²) in [5.74, 6) is 1.09. The third kappa shape index (κ3) is 1.42. The van der Waals surface area contributed by atoms with Crippen molar-refractivity contribution in [1.29, 1.82) is 0 Å². The molecule has 0 spiro atoms. The van der Waals surface area contributed by atoms with Crippen molar-refractivity contribution in [3.8, 4) is 0 Å². The zero-order valence-corrected chi connectivity index (χ0v) is 7.36. The summed E-state index contributed by atoms with van der Waals surface area (Å²) in [6.45, 7) is 11.4. The molecule has 0 saturated carbocycles. The normalized spacial score (nSPS) is 10.2. The number of tetrazole rings is 1. The number of allylic oxidation sites excluding steroid dienone is 2. The monoisotopic (exact) mass is 164 g/mol. The fraction of sp³-hybridized carbons (Fsp3) is 0.375. The molecular formula is C8H12N4. The molecular weight excluding hydrogens is 152 g/mol. The Labute approximate surface area is 71.6 Å². The van der Waals surface area contributed by atoms with E-state index in [1.165, 1.54) is 0 Å². The second-order valence-corrected chi connectivity index (χ2v) is 2.80. The van der Waals surface area contributed by atoms with E-state index in [-0.39, 0.29) is 5.92 Å². The van der Waals surface area contributed by atoms with Crippen LogP contribution in [-0.2, 0) is 0 Å². The molecule has 0 amide bonds. The van der Waals surface area contributed by atoms with Gasteiger partial charge in [0, 0.05) is 5.92 Å². The quantitative estimate of drug-likeness (QED) is 0.635. The SMILES string of the molecule is C=CC(=C)n1nnnc1C(C)C. The zero-order valence-electron chi connectivity index (χ0n) is 7.36. The van der Waals surface area contributed by atoms with Gasteiger partial charge in [-0.15, -0.1) is 5.10 Å². The van der Waals surface area contributed by atoms with Crippen LogP contribution in [0, 0.1) is 0 Å². The van der Waals surface area contributed by atoms with Gasteiger partial charge in [0.05, 0.1) is 5.70 Å². The van der Waals surface area contributed by atoms with E-state index >= 15 is 0 Å². The highest BCUT2D eigenvalue weighted by atomic mass is 15.5. The summed E-state index contributed by atoms with van der Waals surface area (Å²) >= 11 is 0. The van der Waals surface area contributed by atoms with E-state index in [0.29, 0.717) is 5.70 Å². The van der Waals surface area contributed by atoms with Gasteiger partial charge in [0.15, 0.2) is 5.82 Å². The van der Waals surface area contributed by atoms with Crippen molar-refractivity contribution in [2.75, 3.05) is 0 Å². The predicted octanol–water partition coefficient (Wildman–Crippen LogP) is 1.45. The van der Waals surface area contributed by atoms with Crippen molar-refractivity contribution < 1.29 is 0 Å². The highest BCUT2D eigenvalue weighted by Gasteiger charge is 2.10. The second kappa shape index (κ2) is 3.30.